The van der Waals surface area contributed by atoms with Gasteiger partial charge in [0.2, 0.25) is 5.76 Å². The third-order valence-corrected chi connectivity index (χ3v) is 6.70. The third kappa shape index (κ3) is 3.27. The zero-order valence-electron chi connectivity index (χ0n) is 18.0. The fourth-order valence-electron chi connectivity index (χ4n) is 5.15. The van der Waals surface area contributed by atoms with E-state index in [9.17, 15) is 9.59 Å². The van der Waals surface area contributed by atoms with E-state index in [2.05, 4.69) is 9.88 Å². The van der Waals surface area contributed by atoms with E-state index in [1.165, 1.54) is 0 Å². The normalized spacial score (nSPS) is 19.3. The number of carbonyl (C=O) groups is 1. The van der Waals surface area contributed by atoms with Crippen LogP contribution in [0.4, 0.5) is 0 Å². The molecule has 1 aromatic carbocycles. The lowest BCUT2D eigenvalue weighted by atomic mass is 9.99. The molecule has 7 nitrogen and oxygen atoms in total. The van der Waals surface area contributed by atoms with Crippen LogP contribution in [0, 0.1) is 0 Å². The van der Waals surface area contributed by atoms with Crippen molar-refractivity contribution in [2.24, 2.45) is 0 Å². The van der Waals surface area contributed by atoms with Gasteiger partial charge >= 0.3 is 0 Å². The van der Waals surface area contributed by atoms with Gasteiger partial charge in [-0.15, -0.1) is 0 Å². The molecule has 33 heavy (non-hydrogen) atoms. The molecule has 0 N–H and O–H groups in total. The number of aromatic nitrogens is 1. The van der Waals surface area contributed by atoms with Crippen LogP contribution in [0.25, 0.3) is 11.0 Å². The molecule has 1 saturated heterocycles. The van der Waals surface area contributed by atoms with Crippen LogP contribution in [0.3, 0.4) is 0 Å². The first-order valence-electron chi connectivity index (χ1n) is 11.3. The van der Waals surface area contributed by atoms with E-state index >= 15 is 0 Å². The highest BCUT2D eigenvalue weighted by Crippen LogP contribution is 2.40. The highest BCUT2D eigenvalue weighted by atomic mass is 16.3. The zero-order chi connectivity index (χ0) is 22.4. The number of carbonyl (C=O) groups excluding carboxylic acids is 1. The Kier molecular flexibility index (Phi) is 4.84. The molecule has 166 valence electrons. The highest BCUT2D eigenvalue weighted by Gasteiger charge is 2.44. The fourth-order valence-corrected chi connectivity index (χ4v) is 5.15. The minimum absolute atomic E-state index is 0.107. The van der Waals surface area contributed by atoms with Gasteiger partial charge in [0.15, 0.2) is 5.43 Å². The number of furan rings is 1. The smallest absolute Gasteiger partial charge is 0.290 e. The average molecular weight is 441 g/mol. The number of benzene rings is 1. The maximum absolute atomic E-state index is 13.7. The lowest BCUT2D eigenvalue weighted by Crippen LogP contribution is -2.39. The molecule has 1 amide bonds. The minimum Gasteiger partial charge on any atom is -0.468 e. The van der Waals surface area contributed by atoms with Gasteiger partial charge in [-0.05, 0) is 61.8 Å². The van der Waals surface area contributed by atoms with Gasteiger partial charge in [-0.3, -0.25) is 19.5 Å². The summed E-state index contributed by atoms with van der Waals surface area (Å²) >= 11 is 0. The standard InChI is InChI=1S/C26H23N3O4/c30-24-18-8-1-2-9-20(18)33-25-22(24)23(17-7-5-11-27-15-17)29(26(25)31)16-19(21-10-6-14-32-21)28-12-3-4-13-28/h1-2,5-11,14-15,19,23H,3-4,12-13,16H2. The molecular formula is C26H23N3O4. The molecule has 6 rings (SSSR count). The van der Waals surface area contributed by atoms with Crippen molar-refractivity contribution >= 4 is 16.9 Å². The number of hydrogen-bond acceptors (Lipinski definition) is 6. The first-order valence-corrected chi connectivity index (χ1v) is 11.3. The van der Waals surface area contributed by atoms with Gasteiger partial charge in [0, 0.05) is 18.9 Å². The molecule has 7 heteroatoms. The van der Waals surface area contributed by atoms with Gasteiger partial charge in [-0.2, -0.15) is 0 Å². The predicted octanol–water partition coefficient (Wildman–Crippen LogP) is 4.16. The lowest BCUT2D eigenvalue weighted by Gasteiger charge is -2.33. The van der Waals surface area contributed by atoms with Gasteiger partial charge in [0.05, 0.1) is 29.3 Å². The maximum atomic E-state index is 13.7. The van der Waals surface area contributed by atoms with Crippen LogP contribution in [-0.4, -0.2) is 40.3 Å². The third-order valence-electron chi connectivity index (χ3n) is 6.70. The number of amides is 1. The molecule has 2 aliphatic rings. The number of likely N-dealkylation sites (tertiary alicyclic amines) is 1. The van der Waals surface area contributed by atoms with Crippen molar-refractivity contribution in [1.82, 2.24) is 14.8 Å². The summed E-state index contributed by atoms with van der Waals surface area (Å²) in [5.74, 6) is 0.652. The van der Waals surface area contributed by atoms with Crippen molar-refractivity contribution in [1.29, 1.82) is 0 Å². The molecule has 4 aromatic rings. The van der Waals surface area contributed by atoms with Crippen LogP contribution in [0.5, 0.6) is 0 Å². The summed E-state index contributed by atoms with van der Waals surface area (Å²) in [4.78, 5) is 35.7. The number of nitrogens with zero attached hydrogens (tertiary/aromatic N) is 3. The molecule has 2 aliphatic heterocycles. The Hall–Kier alpha value is -3.71. The molecule has 0 bridgehead atoms. The van der Waals surface area contributed by atoms with Gasteiger partial charge < -0.3 is 13.7 Å². The van der Waals surface area contributed by atoms with Crippen molar-refractivity contribution in [2.45, 2.75) is 24.9 Å². The Morgan fingerprint density at radius 2 is 1.88 bits per heavy atom. The van der Waals surface area contributed by atoms with Crippen LogP contribution in [0.15, 0.2) is 80.8 Å². The topological polar surface area (TPSA) is 79.8 Å². The number of pyridine rings is 1. The van der Waals surface area contributed by atoms with Gasteiger partial charge in [0.25, 0.3) is 5.91 Å². The van der Waals surface area contributed by atoms with Gasteiger partial charge in [-0.25, -0.2) is 0 Å². The second-order valence-corrected chi connectivity index (χ2v) is 8.59. The van der Waals surface area contributed by atoms with E-state index < -0.39 is 6.04 Å². The molecule has 1 fully saturated rings. The van der Waals surface area contributed by atoms with Crippen molar-refractivity contribution in [3.63, 3.8) is 0 Å². The molecule has 2 atom stereocenters. The second-order valence-electron chi connectivity index (χ2n) is 8.59. The Bertz CT molecular complexity index is 1360. The predicted molar refractivity (Wildman–Crippen MR) is 122 cm³/mol. The van der Waals surface area contributed by atoms with Crippen LogP contribution in [0.2, 0.25) is 0 Å². The Balaban J connectivity index is 1.50. The molecule has 0 saturated carbocycles. The molecular weight excluding hydrogens is 418 g/mol. The van der Waals surface area contributed by atoms with Crippen molar-refractivity contribution < 1.29 is 13.6 Å². The number of rotatable bonds is 5. The van der Waals surface area contributed by atoms with E-state index in [-0.39, 0.29) is 23.1 Å². The van der Waals surface area contributed by atoms with E-state index in [0.29, 0.717) is 23.1 Å². The first kappa shape index (κ1) is 19.9. The summed E-state index contributed by atoms with van der Waals surface area (Å²) in [5.41, 5.74) is 1.41. The highest BCUT2D eigenvalue weighted by molar-refractivity contribution is 5.99. The van der Waals surface area contributed by atoms with Gasteiger partial charge in [-0.1, -0.05) is 18.2 Å². The molecule has 3 aromatic heterocycles. The van der Waals surface area contributed by atoms with Crippen LogP contribution >= 0.6 is 0 Å². The Morgan fingerprint density at radius 1 is 1.03 bits per heavy atom. The van der Waals surface area contributed by atoms with E-state index in [1.807, 2.05) is 24.3 Å². The number of para-hydroxylation sites is 1. The Labute approximate surface area is 190 Å². The van der Waals surface area contributed by atoms with E-state index in [0.717, 1.165) is 37.3 Å². The molecule has 5 heterocycles. The maximum Gasteiger partial charge on any atom is 0.290 e. The van der Waals surface area contributed by atoms with Crippen molar-refractivity contribution in [3.8, 4) is 0 Å². The van der Waals surface area contributed by atoms with Gasteiger partial charge in [0.1, 0.15) is 11.3 Å². The van der Waals surface area contributed by atoms with E-state index in [4.69, 9.17) is 8.83 Å². The van der Waals surface area contributed by atoms with Crippen LogP contribution < -0.4 is 5.43 Å². The monoisotopic (exact) mass is 441 g/mol. The largest absolute Gasteiger partial charge is 0.468 e. The quantitative estimate of drug-likeness (QED) is 0.463. The summed E-state index contributed by atoms with van der Waals surface area (Å²) in [6.07, 6.45) is 7.29. The summed E-state index contributed by atoms with van der Waals surface area (Å²) in [5, 5.41) is 0.474. The Morgan fingerprint density at radius 3 is 2.64 bits per heavy atom. The summed E-state index contributed by atoms with van der Waals surface area (Å²) < 4.78 is 11.8. The van der Waals surface area contributed by atoms with Crippen molar-refractivity contribution in [3.05, 3.63) is 100 Å². The zero-order valence-corrected chi connectivity index (χ0v) is 18.0. The average Bonchev–Trinajstić information content (AvgIpc) is 3.61. The number of hydrogen-bond donors (Lipinski definition) is 0. The molecule has 0 spiro atoms. The van der Waals surface area contributed by atoms with Crippen LogP contribution in [0.1, 0.15) is 52.4 Å². The number of fused-ring (bicyclic) bond motifs is 2. The molecule has 0 aliphatic carbocycles. The molecule has 2 unspecified atom stereocenters. The minimum atomic E-state index is -0.567. The summed E-state index contributed by atoms with van der Waals surface area (Å²) in [6, 6.07) is 13.9. The fraction of sp³-hybridized carbons (Fsp3) is 0.269. The van der Waals surface area contributed by atoms with Crippen LogP contribution in [-0.2, 0) is 0 Å². The first-order chi connectivity index (χ1) is 16.2. The van der Waals surface area contributed by atoms with E-state index in [1.54, 1.807) is 47.8 Å². The SMILES string of the molecule is O=C1c2oc3ccccc3c(=O)c2C(c2cccnc2)N1CC(c1ccco1)N1CCCC1. The summed E-state index contributed by atoms with van der Waals surface area (Å²) in [6.45, 7) is 2.27. The lowest BCUT2D eigenvalue weighted by molar-refractivity contribution is 0.0643. The molecule has 0 radical (unpaired) electrons. The summed E-state index contributed by atoms with van der Waals surface area (Å²) in [7, 11) is 0. The van der Waals surface area contributed by atoms with Crippen molar-refractivity contribution in [2.75, 3.05) is 19.6 Å². The second kappa shape index (κ2) is 8.01.